The Morgan fingerprint density at radius 3 is 2.27 bits per heavy atom. The van der Waals surface area contributed by atoms with Gasteiger partial charge in [-0.1, -0.05) is 29.8 Å². The van der Waals surface area contributed by atoms with Crippen LogP contribution in [0.2, 0.25) is 0 Å². The topological polar surface area (TPSA) is 92.4 Å². The number of fused-ring (bicyclic) bond motifs is 1. The Morgan fingerprint density at radius 2 is 1.60 bits per heavy atom. The molecule has 0 unspecified atom stereocenters. The molecule has 0 N–H and O–H groups in total. The van der Waals surface area contributed by atoms with E-state index in [0.717, 1.165) is 38.5 Å². The highest BCUT2D eigenvalue weighted by atomic mass is 32.1. The van der Waals surface area contributed by atoms with Crippen LogP contribution in [0, 0.1) is 27.7 Å². The lowest BCUT2D eigenvalue weighted by Crippen LogP contribution is -2.14. The minimum Gasteiger partial charge on any atom is -0.465 e. The second kappa shape index (κ2) is 10.9. The predicted octanol–water partition coefficient (Wildman–Crippen LogP) is 6.00. The number of hydrogen-bond acceptors (Lipinski definition) is 7. The number of aryl methyl sites for hydroxylation is 3. The molecule has 0 bridgehead atoms. The minimum absolute atomic E-state index is 0.290. The third-order valence-corrected chi connectivity index (χ3v) is 8.00. The molecule has 0 radical (unpaired) electrons. The molecule has 204 valence electrons. The Morgan fingerprint density at radius 1 is 0.900 bits per heavy atom. The highest BCUT2D eigenvalue weighted by Gasteiger charge is 2.21. The first kappa shape index (κ1) is 27.1. The SMILES string of the molecule is COC(=O)c1ccc(-n2c(C)cc(C(=O)COC(=O)c3cc4c(C)nn(Cc5ccc(C)cc5)c4s3)c2C)cc1. The van der Waals surface area contributed by atoms with E-state index in [9.17, 15) is 14.4 Å². The summed E-state index contributed by atoms with van der Waals surface area (Å²) in [7, 11) is 1.34. The molecule has 0 aliphatic carbocycles. The number of ketones is 1. The highest BCUT2D eigenvalue weighted by Crippen LogP contribution is 2.30. The summed E-state index contributed by atoms with van der Waals surface area (Å²) in [5.74, 6) is -1.24. The number of methoxy groups -OCH3 is 1. The van der Waals surface area contributed by atoms with Crippen LogP contribution in [-0.2, 0) is 16.0 Å². The van der Waals surface area contributed by atoms with E-state index in [1.165, 1.54) is 24.0 Å². The number of nitrogens with zero attached hydrogens (tertiary/aromatic N) is 3. The average molecular weight is 556 g/mol. The number of Topliss-reactive ketones (excluding diaryl/α,β-unsaturated/α-hetero) is 1. The Hall–Kier alpha value is -4.50. The second-order valence-electron chi connectivity index (χ2n) is 9.72. The van der Waals surface area contributed by atoms with Crippen molar-refractivity contribution in [3.8, 4) is 5.69 Å². The Kier molecular flexibility index (Phi) is 7.40. The first-order valence-corrected chi connectivity index (χ1v) is 13.6. The monoisotopic (exact) mass is 555 g/mol. The van der Waals surface area contributed by atoms with E-state index in [2.05, 4.69) is 29.4 Å². The summed E-state index contributed by atoms with van der Waals surface area (Å²) in [4.78, 5) is 39.1. The van der Waals surface area contributed by atoms with Gasteiger partial charge in [-0.05, 0) is 69.7 Å². The maximum absolute atomic E-state index is 13.1. The van der Waals surface area contributed by atoms with E-state index in [1.54, 1.807) is 36.4 Å². The van der Waals surface area contributed by atoms with E-state index in [0.29, 0.717) is 22.5 Å². The van der Waals surface area contributed by atoms with Gasteiger partial charge in [0.2, 0.25) is 5.78 Å². The molecule has 0 spiro atoms. The van der Waals surface area contributed by atoms with E-state index in [1.807, 2.05) is 36.9 Å². The van der Waals surface area contributed by atoms with Gasteiger partial charge >= 0.3 is 11.9 Å². The van der Waals surface area contributed by atoms with Crippen LogP contribution >= 0.6 is 11.3 Å². The Balaban J connectivity index is 1.29. The zero-order valence-electron chi connectivity index (χ0n) is 23.0. The van der Waals surface area contributed by atoms with Crippen LogP contribution in [0.5, 0.6) is 0 Å². The van der Waals surface area contributed by atoms with Crippen LogP contribution in [0.1, 0.15) is 58.6 Å². The molecule has 0 amide bonds. The van der Waals surface area contributed by atoms with Crippen molar-refractivity contribution in [3.05, 3.63) is 105 Å². The summed E-state index contributed by atoms with van der Waals surface area (Å²) in [5, 5.41) is 5.54. The van der Waals surface area contributed by atoms with Crippen LogP contribution in [0.15, 0.2) is 60.7 Å². The smallest absolute Gasteiger partial charge is 0.348 e. The third-order valence-electron chi connectivity index (χ3n) is 6.87. The highest BCUT2D eigenvalue weighted by molar-refractivity contribution is 7.20. The van der Waals surface area contributed by atoms with Gasteiger partial charge in [0.25, 0.3) is 0 Å². The van der Waals surface area contributed by atoms with Crippen LogP contribution < -0.4 is 0 Å². The number of ether oxygens (including phenoxy) is 2. The van der Waals surface area contributed by atoms with E-state index in [-0.39, 0.29) is 12.4 Å². The van der Waals surface area contributed by atoms with Crippen LogP contribution in [0.25, 0.3) is 15.9 Å². The average Bonchev–Trinajstić information content (AvgIpc) is 3.61. The van der Waals surface area contributed by atoms with Crippen LogP contribution in [-0.4, -0.2) is 45.8 Å². The summed E-state index contributed by atoms with van der Waals surface area (Å²) < 4.78 is 14.0. The van der Waals surface area contributed by atoms with Gasteiger partial charge < -0.3 is 14.0 Å². The number of thiophene rings is 1. The Bertz CT molecular complexity index is 1740. The van der Waals surface area contributed by atoms with E-state index >= 15 is 0 Å². The van der Waals surface area contributed by atoms with Crippen molar-refractivity contribution in [1.29, 1.82) is 0 Å². The maximum Gasteiger partial charge on any atom is 0.348 e. The molecule has 0 atom stereocenters. The van der Waals surface area contributed by atoms with Crippen molar-refractivity contribution < 1.29 is 23.9 Å². The van der Waals surface area contributed by atoms with E-state index in [4.69, 9.17) is 9.47 Å². The molecule has 2 aromatic carbocycles. The molecule has 3 heterocycles. The van der Waals surface area contributed by atoms with Gasteiger partial charge in [0.05, 0.1) is 24.9 Å². The quantitative estimate of drug-likeness (QED) is 0.172. The lowest BCUT2D eigenvalue weighted by atomic mass is 10.1. The fraction of sp³-hybridized carbons (Fsp3) is 0.226. The Labute approximate surface area is 235 Å². The zero-order valence-corrected chi connectivity index (χ0v) is 23.8. The molecular weight excluding hydrogens is 526 g/mol. The molecule has 0 aliphatic rings. The van der Waals surface area contributed by atoms with Gasteiger partial charge in [0.15, 0.2) is 6.61 Å². The normalized spacial score (nSPS) is 11.1. The first-order chi connectivity index (χ1) is 19.2. The van der Waals surface area contributed by atoms with Gasteiger partial charge in [0, 0.05) is 28.0 Å². The summed E-state index contributed by atoms with van der Waals surface area (Å²) >= 11 is 1.31. The van der Waals surface area contributed by atoms with Crippen molar-refractivity contribution in [2.24, 2.45) is 0 Å². The van der Waals surface area contributed by atoms with Gasteiger partial charge in [0.1, 0.15) is 9.71 Å². The van der Waals surface area contributed by atoms with Crippen LogP contribution in [0.4, 0.5) is 0 Å². The number of rotatable bonds is 8. The fourth-order valence-corrected chi connectivity index (χ4v) is 5.83. The zero-order chi connectivity index (χ0) is 28.6. The largest absolute Gasteiger partial charge is 0.465 e. The molecular formula is C31H29N3O5S. The summed E-state index contributed by atoms with van der Waals surface area (Å²) in [6.07, 6.45) is 0. The lowest BCUT2D eigenvalue weighted by Gasteiger charge is -2.10. The minimum atomic E-state index is -0.539. The van der Waals surface area contributed by atoms with Gasteiger partial charge in [-0.2, -0.15) is 5.10 Å². The van der Waals surface area contributed by atoms with Crippen LogP contribution in [0.3, 0.4) is 0 Å². The summed E-state index contributed by atoms with van der Waals surface area (Å²) in [6, 6.07) is 18.8. The lowest BCUT2D eigenvalue weighted by molar-refractivity contribution is 0.0479. The first-order valence-electron chi connectivity index (χ1n) is 12.8. The molecule has 0 fully saturated rings. The number of hydrogen-bond donors (Lipinski definition) is 0. The molecule has 5 aromatic rings. The number of carbonyl (C=O) groups excluding carboxylic acids is 3. The number of benzene rings is 2. The molecule has 3 aromatic heterocycles. The maximum atomic E-state index is 13.1. The molecule has 8 nitrogen and oxygen atoms in total. The van der Waals surface area contributed by atoms with Crippen molar-refractivity contribution in [2.45, 2.75) is 34.2 Å². The predicted molar refractivity (Wildman–Crippen MR) is 154 cm³/mol. The van der Waals surface area contributed by atoms with Crippen molar-refractivity contribution in [3.63, 3.8) is 0 Å². The summed E-state index contributed by atoms with van der Waals surface area (Å²) in [6.45, 7) is 7.92. The molecule has 0 aliphatic heterocycles. The fourth-order valence-electron chi connectivity index (χ4n) is 4.77. The van der Waals surface area contributed by atoms with Crippen molar-refractivity contribution >= 4 is 39.3 Å². The molecule has 5 rings (SSSR count). The molecule has 40 heavy (non-hydrogen) atoms. The summed E-state index contributed by atoms with van der Waals surface area (Å²) in [5.41, 5.74) is 6.43. The van der Waals surface area contributed by atoms with Gasteiger partial charge in [-0.15, -0.1) is 11.3 Å². The number of esters is 2. The second-order valence-corrected chi connectivity index (χ2v) is 10.7. The van der Waals surface area contributed by atoms with Gasteiger partial charge in [-0.3, -0.25) is 9.48 Å². The van der Waals surface area contributed by atoms with E-state index < -0.39 is 11.9 Å². The molecule has 0 saturated heterocycles. The van der Waals surface area contributed by atoms with Crippen molar-refractivity contribution in [2.75, 3.05) is 13.7 Å². The molecule has 9 heteroatoms. The van der Waals surface area contributed by atoms with Crippen molar-refractivity contribution in [1.82, 2.24) is 14.3 Å². The number of carbonyl (C=O) groups is 3. The standard InChI is InChI=1S/C31H29N3O5S/c1-18-6-8-22(9-7-18)16-33-29-25(20(3)32-33)15-28(40-29)31(37)39-17-27(35)26-14-19(2)34(21(26)4)24-12-10-23(11-13-24)30(36)38-5/h6-15H,16-17H2,1-5H3. The third kappa shape index (κ3) is 5.20. The number of aromatic nitrogens is 3. The molecule has 0 saturated carbocycles. The van der Waals surface area contributed by atoms with Gasteiger partial charge in [-0.25, -0.2) is 9.59 Å².